The Hall–Kier alpha value is -3.07. The number of hydrogen-bond donors (Lipinski definition) is 1. The first-order valence-corrected chi connectivity index (χ1v) is 14.4. The predicted molar refractivity (Wildman–Crippen MR) is 156 cm³/mol. The zero-order valence-corrected chi connectivity index (χ0v) is 23.2. The fraction of sp³-hybridized carbons (Fsp3) is 0.367. The molecule has 0 saturated carbocycles. The summed E-state index contributed by atoms with van der Waals surface area (Å²) < 4.78 is -0.772. The Bertz CT molecular complexity index is 1290. The Balaban J connectivity index is 1.55. The van der Waals surface area contributed by atoms with Gasteiger partial charge in [0.1, 0.15) is 6.04 Å². The van der Waals surface area contributed by atoms with E-state index in [9.17, 15) is 19.5 Å². The van der Waals surface area contributed by atoms with Gasteiger partial charge in [-0.3, -0.25) is 14.4 Å². The molecular weight excluding hydrogens is 534 g/mol. The van der Waals surface area contributed by atoms with Crippen LogP contribution in [0.5, 0.6) is 0 Å². The number of rotatable bonds is 10. The molecule has 7 nitrogen and oxygen atoms in total. The number of hydrogen-bond acceptors (Lipinski definition) is 5. The third-order valence-corrected chi connectivity index (χ3v) is 10.3. The molecule has 204 valence electrons. The van der Waals surface area contributed by atoms with Gasteiger partial charge in [0.15, 0.2) is 0 Å². The molecule has 3 heterocycles. The summed E-state index contributed by atoms with van der Waals surface area (Å²) in [6, 6.07) is 15.6. The third kappa shape index (κ3) is 4.48. The Morgan fingerprint density at radius 3 is 2.38 bits per heavy atom. The summed E-state index contributed by atoms with van der Waals surface area (Å²) in [6.45, 7) is 7.91. The van der Waals surface area contributed by atoms with E-state index in [4.69, 9.17) is 11.6 Å². The second-order valence-electron chi connectivity index (χ2n) is 10.1. The van der Waals surface area contributed by atoms with E-state index in [2.05, 4.69) is 13.2 Å². The van der Waals surface area contributed by atoms with Crippen LogP contribution < -0.4 is 9.80 Å². The van der Waals surface area contributed by atoms with Crippen LogP contribution in [0.15, 0.2) is 79.9 Å². The van der Waals surface area contributed by atoms with Crippen LogP contribution in [0, 0.1) is 11.8 Å². The number of amides is 3. The molecule has 3 fully saturated rings. The highest BCUT2D eigenvalue weighted by atomic mass is 35.5. The molecule has 3 aliphatic rings. The molecule has 1 N–H and O–H groups in total. The first kappa shape index (κ1) is 27.5. The fourth-order valence-electron chi connectivity index (χ4n) is 6.56. The number of anilines is 2. The van der Waals surface area contributed by atoms with Crippen molar-refractivity contribution in [2.75, 3.05) is 36.0 Å². The number of nitrogens with zero attached hydrogens (tertiary/aromatic N) is 3. The second kappa shape index (κ2) is 11.2. The molecule has 0 radical (unpaired) electrons. The lowest BCUT2D eigenvalue weighted by molar-refractivity contribution is -0.139. The minimum atomic E-state index is -0.837. The summed E-state index contributed by atoms with van der Waals surface area (Å²) in [5.74, 6) is -1.91. The molecule has 5 atom stereocenters. The van der Waals surface area contributed by atoms with E-state index in [1.54, 1.807) is 58.0 Å². The largest absolute Gasteiger partial charge is 0.395 e. The zero-order chi connectivity index (χ0) is 27.7. The van der Waals surface area contributed by atoms with Gasteiger partial charge in [0, 0.05) is 30.6 Å². The van der Waals surface area contributed by atoms with Gasteiger partial charge in [-0.2, -0.15) is 0 Å². The minimum Gasteiger partial charge on any atom is -0.395 e. The number of carbonyl (C=O) groups is 3. The van der Waals surface area contributed by atoms with Crippen LogP contribution in [0.4, 0.5) is 11.4 Å². The third-order valence-electron chi connectivity index (χ3n) is 8.03. The molecule has 3 aliphatic heterocycles. The number of benzene rings is 2. The summed E-state index contributed by atoms with van der Waals surface area (Å²) in [5.41, 5.74) is 1.28. The molecule has 5 rings (SSSR count). The van der Waals surface area contributed by atoms with E-state index in [0.717, 1.165) is 12.1 Å². The molecule has 3 amide bonds. The first-order valence-electron chi connectivity index (χ1n) is 13.1. The lowest BCUT2D eigenvalue weighted by atomic mass is 9.70. The fourth-order valence-corrected chi connectivity index (χ4v) is 9.00. The van der Waals surface area contributed by atoms with E-state index in [-0.39, 0.29) is 42.7 Å². The van der Waals surface area contributed by atoms with Crippen LogP contribution in [-0.4, -0.2) is 70.0 Å². The van der Waals surface area contributed by atoms with Gasteiger partial charge < -0.3 is 19.8 Å². The van der Waals surface area contributed by atoms with E-state index in [0.29, 0.717) is 23.7 Å². The van der Waals surface area contributed by atoms with Crippen LogP contribution >= 0.6 is 23.4 Å². The van der Waals surface area contributed by atoms with Crippen molar-refractivity contribution >= 4 is 52.5 Å². The van der Waals surface area contributed by atoms with Crippen LogP contribution in [0.3, 0.4) is 0 Å². The number of carbonyl (C=O) groups excluding carboxylic acids is 3. The summed E-state index contributed by atoms with van der Waals surface area (Å²) in [6.07, 6.45) is 4.67. The molecule has 0 aliphatic carbocycles. The Morgan fingerprint density at radius 2 is 1.72 bits per heavy atom. The number of para-hydroxylation sites is 2. The van der Waals surface area contributed by atoms with Gasteiger partial charge >= 0.3 is 0 Å². The molecule has 9 heteroatoms. The topological polar surface area (TPSA) is 81.2 Å². The van der Waals surface area contributed by atoms with Crippen LogP contribution in [0.25, 0.3) is 0 Å². The van der Waals surface area contributed by atoms with Crippen LogP contribution in [0.1, 0.15) is 12.8 Å². The number of likely N-dealkylation sites (tertiary alicyclic amines) is 1. The van der Waals surface area contributed by atoms with Gasteiger partial charge in [0.2, 0.25) is 11.8 Å². The lowest BCUT2D eigenvalue weighted by Crippen LogP contribution is -2.55. The Labute approximate surface area is 238 Å². The van der Waals surface area contributed by atoms with Gasteiger partial charge in [-0.25, -0.2) is 0 Å². The van der Waals surface area contributed by atoms with Crippen LogP contribution in [-0.2, 0) is 14.4 Å². The maximum Gasteiger partial charge on any atom is 0.251 e. The van der Waals surface area contributed by atoms with Crippen molar-refractivity contribution in [1.82, 2.24) is 4.90 Å². The number of aliphatic hydroxyl groups is 1. The highest BCUT2D eigenvalue weighted by molar-refractivity contribution is 8.02. The molecule has 1 spiro atoms. The van der Waals surface area contributed by atoms with E-state index >= 15 is 0 Å². The van der Waals surface area contributed by atoms with Gasteiger partial charge in [-0.15, -0.1) is 24.9 Å². The van der Waals surface area contributed by atoms with E-state index < -0.39 is 22.6 Å². The normalized spacial score (nSPS) is 26.8. The van der Waals surface area contributed by atoms with Gasteiger partial charge in [-0.05, 0) is 37.1 Å². The molecule has 2 bridgehead atoms. The standard InChI is InChI=1S/C30H32ClN3O4S/c1-3-16-32(20-10-6-5-7-11-20)27(36)24-23-14-15-30(39-23)25(24)28(37)34(18-19-35)26(30)29(38)33(17-4-2)22-13-9-8-12-21(22)31/h3-13,23-26,35H,1-2,14-19H2/t23-,24+,25-,26?,30?/m0/s1. The van der Waals surface area contributed by atoms with Gasteiger partial charge in [0.25, 0.3) is 5.91 Å². The quantitative estimate of drug-likeness (QED) is 0.438. The molecule has 2 unspecified atom stereocenters. The van der Waals surface area contributed by atoms with Crippen molar-refractivity contribution in [1.29, 1.82) is 0 Å². The van der Waals surface area contributed by atoms with E-state index in [1.807, 2.05) is 30.3 Å². The predicted octanol–water partition coefficient (Wildman–Crippen LogP) is 4.16. The maximum atomic E-state index is 14.4. The van der Waals surface area contributed by atoms with Crippen LogP contribution in [0.2, 0.25) is 5.02 Å². The Morgan fingerprint density at radius 1 is 1.05 bits per heavy atom. The maximum absolute atomic E-state index is 14.4. The van der Waals surface area contributed by atoms with Crippen molar-refractivity contribution in [3.8, 4) is 0 Å². The number of fused-ring (bicyclic) bond motifs is 1. The highest BCUT2D eigenvalue weighted by Gasteiger charge is 2.74. The summed E-state index contributed by atoms with van der Waals surface area (Å²) in [5, 5.41) is 10.2. The molecule has 2 aromatic rings. The molecule has 0 aromatic heterocycles. The van der Waals surface area contributed by atoms with E-state index in [1.165, 1.54) is 4.90 Å². The van der Waals surface area contributed by atoms with Crippen molar-refractivity contribution in [3.63, 3.8) is 0 Å². The average molecular weight is 566 g/mol. The smallest absolute Gasteiger partial charge is 0.251 e. The zero-order valence-electron chi connectivity index (χ0n) is 21.6. The minimum absolute atomic E-state index is 0.0130. The number of β-amino-alcohol motifs (C(OH)–C–C–N with tert-alkyl or cyclic N) is 1. The molecular formula is C30H32ClN3O4S. The van der Waals surface area contributed by atoms with Gasteiger partial charge in [-0.1, -0.05) is 54.1 Å². The second-order valence-corrected chi connectivity index (χ2v) is 12.1. The van der Waals surface area contributed by atoms with Crippen molar-refractivity contribution in [2.45, 2.75) is 28.9 Å². The van der Waals surface area contributed by atoms with Gasteiger partial charge in [0.05, 0.1) is 33.9 Å². The van der Waals surface area contributed by atoms with Crippen molar-refractivity contribution in [3.05, 3.63) is 84.9 Å². The lowest BCUT2D eigenvalue weighted by Gasteiger charge is -2.37. The number of thioether (sulfide) groups is 1. The first-order chi connectivity index (χ1) is 18.9. The highest BCUT2D eigenvalue weighted by Crippen LogP contribution is 2.66. The SMILES string of the molecule is C=CCN(C(=O)[C@@H]1[C@@H]2CCC3(S2)C(C(=O)N(CC=C)c2ccccc2Cl)N(CCO)C(=O)[C@H]13)c1ccccc1. The number of aliphatic hydroxyl groups excluding tert-OH is 1. The number of halogens is 1. The summed E-state index contributed by atoms with van der Waals surface area (Å²) in [7, 11) is 0. The Kier molecular flexibility index (Phi) is 7.89. The average Bonchev–Trinajstić information content (AvgIpc) is 3.58. The van der Waals surface area contributed by atoms with Crippen molar-refractivity contribution in [2.24, 2.45) is 11.8 Å². The monoisotopic (exact) mass is 565 g/mol. The summed E-state index contributed by atoms with van der Waals surface area (Å²) >= 11 is 8.09. The summed E-state index contributed by atoms with van der Waals surface area (Å²) in [4.78, 5) is 47.4. The molecule has 2 aromatic carbocycles. The van der Waals surface area contributed by atoms with Crippen molar-refractivity contribution < 1.29 is 19.5 Å². The molecule has 3 saturated heterocycles. The molecule has 39 heavy (non-hydrogen) atoms.